The number of rotatable bonds is 18. The summed E-state index contributed by atoms with van der Waals surface area (Å²) in [5.74, 6) is 6.90. The van der Waals surface area contributed by atoms with Crippen molar-refractivity contribution in [2.45, 2.75) is 92.2 Å². The molecule has 72 heavy (non-hydrogen) atoms. The number of aliphatic hydroxyl groups excluding tert-OH is 1. The van der Waals surface area contributed by atoms with Crippen molar-refractivity contribution < 1.29 is 33.7 Å². The first-order chi connectivity index (χ1) is 34.5. The zero-order chi connectivity index (χ0) is 51.1. The van der Waals surface area contributed by atoms with Gasteiger partial charge in [-0.05, 0) is 61.9 Å². The molecule has 0 saturated carbocycles. The van der Waals surface area contributed by atoms with Crippen molar-refractivity contribution in [3.63, 3.8) is 0 Å². The van der Waals surface area contributed by atoms with Gasteiger partial charge < -0.3 is 34.9 Å². The molecule has 20 heteroatoms. The molecule has 0 radical (unpaired) electrons. The molecular formula is C52H59ClN10O7S2. The number of nitrogens with zero attached hydrogens (tertiary/aromatic N) is 8. The molecule has 0 bridgehead atoms. The molecule has 2 aliphatic heterocycles. The third-order valence-corrected chi connectivity index (χ3v) is 14.8. The van der Waals surface area contributed by atoms with E-state index in [0.717, 1.165) is 71.2 Å². The fourth-order valence-electron chi connectivity index (χ4n) is 8.56. The van der Waals surface area contributed by atoms with Gasteiger partial charge in [-0.1, -0.05) is 80.6 Å². The molecule has 0 aliphatic carbocycles. The number of ether oxygens (including phenoxy) is 3. The number of aromatic nitrogens is 6. The van der Waals surface area contributed by atoms with Gasteiger partial charge in [0.25, 0.3) is 0 Å². The van der Waals surface area contributed by atoms with Gasteiger partial charge in [-0.15, -0.1) is 32.9 Å². The number of hydrogen-bond acceptors (Lipinski definition) is 14. The van der Waals surface area contributed by atoms with Crippen LogP contribution >= 0.6 is 34.3 Å². The number of halogens is 1. The van der Waals surface area contributed by atoms with Gasteiger partial charge in [0.1, 0.15) is 36.1 Å². The predicted octanol–water partition coefficient (Wildman–Crippen LogP) is 6.40. The second kappa shape index (κ2) is 23.2. The van der Waals surface area contributed by atoms with Crippen LogP contribution in [0.25, 0.3) is 15.4 Å². The minimum Gasteiger partial charge on any atom is -0.391 e. The smallest absolute Gasteiger partial charge is 0.246 e. The fraction of sp³-hybridized carbons (Fsp3) is 0.423. The van der Waals surface area contributed by atoms with Gasteiger partial charge in [-0.2, -0.15) is 5.10 Å². The second-order valence-electron chi connectivity index (χ2n) is 18.8. The SMILES string of the molecule is Cc1ncsc1-c1ccc([C@H](C)NC(=O)[C@@H]2C[C@@H](O)CN2C(=O)[C@@H](NC(=O)COCCOCCOCCn2cc(C#Cc3sc4c(c3C)C(c3ccc(Cl)cc3)=NCc3nnc(C)n3-4)cn2)C(C)(C)C)cc1. The summed E-state index contributed by atoms with van der Waals surface area (Å²) >= 11 is 9.37. The molecule has 4 atom stereocenters. The van der Waals surface area contributed by atoms with Gasteiger partial charge in [-0.25, -0.2) is 4.98 Å². The molecule has 378 valence electrons. The maximum absolute atomic E-state index is 14.1. The Morgan fingerprint density at radius 1 is 0.931 bits per heavy atom. The van der Waals surface area contributed by atoms with Gasteiger partial charge in [0.05, 0.1) is 90.2 Å². The lowest BCUT2D eigenvalue weighted by atomic mass is 9.85. The van der Waals surface area contributed by atoms with Crippen molar-refractivity contribution in [3.8, 4) is 27.3 Å². The summed E-state index contributed by atoms with van der Waals surface area (Å²) < 4.78 is 20.8. The molecule has 3 amide bonds. The maximum atomic E-state index is 14.1. The number of carbonyl (C=O) groups is 3. The van der Waals surface area contributed by atoms with Crippen LogP contribution in [0.1, 0.15) is 90.2 Å². The first-order valence-electron chi connectivity index (χ1n) is 23.8. The van der Waals surface area contributed by atoms with E-state index in [1.807, 2.05) is 102 Å². The third kappa shape index (κ3) is 12.4. The Balaban J connectivity index is 0.741. The van der Waals surface area contributed by atoms with Crippen molar-refractivity contribution in [2.24, 2.45) is 10.4 Å². The summed E-state index contributed by atoms with van der Waals surface area (Å²) in [5.41, 5.74) is 8.65. The van der Waals surface area contributed by atoms with Crippen LogP contribution in [-0.2, 0) is 41.7 Å². The molecule has 0 spiro atoms. The van der Waals surface area contributed by atoms with E-state index in [1.54, 1.807) is 33.6 Å². The molecule has 1 fully saturated rings. The molecule has 6 aromatic rings. The second-order valence-corrected chi connectivity index (χ2v) is 21.1. The van der Waals surface area contributed by atoms with Crippen LogP contribution in [0.2, 0.25) is 5.02 Å². The van der Waals surface area contributed by atoms with Crippen LogP contribution in [0, 0.1) is 38.0 Å². The number of nitrogens with one attached hydrogen (secondary N) is 2. The Morgan fingerprint density at radius 2 is 1.64 bits per heavy atom. The largest absolute Gasteiger partial charge is 0.391 e. The molecule has 0 unspecified atom stereocenters. The van der Waals surface area contributed by atoms with E-state index in [-0.39, 0.29) is 44.7 Å². The number of aliphatic hydroxyl groups is 1. The molecule has 8 rings (SSSR count). The van der Waals surface area contributed by atoms with Crippen molar-refractivity contribution in [1.29, 1.82) is 0 Å². The predicted molar refractivity (Wildman–Crippen MR) is 277 cm³/mol. The summed E-state index contributed by atoms with van der Waals surface area (Å²) in [4.78, 5) is 53.5. The Kier molecular flexibility index (Phi) is 16.8. The molecular weight excluding hydrogens is 976 g/mol. The monoisotopic (exact) mass is 1030 g/mol. The number of likely N-dealkylation sites (tertiary alicyclic amines) is 1. The van der Waals surface area contributed by atoms with Crippen LogP contribution in [0.5, 0.6) is 0 Å². The normalized spacial score (nSPS) is 16.2. The quantitative estimate of drug-likeness (QED) is 0.0636. The van der Waals surface area contributed by atoms with Crippen LogP contribution < -0.4 is 10.6 Å². The van der Waals surface area contributed by atoms with E-state index in [4.69, 9.17) is 30.8 Å². The molecule has 6 heterocycles. The van der Waals surface area contributed by atoms with Gasteiger partial charge in [0.2, 0.25) is 17.7 Å². The molecule has 17 nitrogen and oxygen atoms in total. The molecule has 2 aliphatic rings. The summed E-state index contributed by atoms with van der Waals surface area (Å²) in [5, 5.41) is 31.3. The summed E-state index contributed by atoms with van der Waals surface area (Å²) in [6.07, 6.45) is 2.83. The van der Waals surface area contributed by atoms with E-state index >= 15 is 0 Å². The highest BCUT2D eigenvalue weighted by Crippen LogP contribution is 2.37. The first-order valence-corrected chi connectivity index (χ1v) is 25.8. The number of hydrogen-bond donors (Lipinski definition) is 3. The van der Waals surface area contributed by atoms with E-state index in [9.17, 15) is 19.5 Å². The minimum absolute atomic E-state index is 0.0237. The van der Waals surface area contributed by atoms with Gasteiger partial charge in [-0.3, -0.25) is 28.6 Å². The average Bonchev–Trinajstić information content (AvgIpc) is 4.19. The number of benzene rings is 2. The molecule has 3 N–H and O–H groups in total. The Bertz CT molecular complexity index is 2980. The summed E-state index contributed by atoms with van der Waals surface area (Å²) in [6.45, 7) is 15.4. The molecule has 2 aromatic carbocycles. The number of thiophene rings is 1. The van der Waals surface area contributed by atoms with Crippen molar-refractivity contribution in [2.75, 3.05) is 46.2 Å². The number of fused-ring (bicyclic) bond motifs is 3. The van der Waals surface area contributed by atoms with Crippen LogP contribution in [0.3, 0.4) is 0 Å². The lowest BCUT2D eigenvalue weighted by molar-refractivity contribution is -0.144. The Labute approximate surface area is 432 Å². The number of carbonyl (C=O) groups excluding carboxylic acids is 3. The topological polar surface area (TPSA) is 200 Å². The zero-order valence-electron chi connectivity index (χ0n) is 41.4. The number of thiazole rings is 1. The Morgan fingerprint density at radius 3 is 2.35 bits per heavy atom. The molecule has 4 aromatic heterocycles. The van der Waals surface area contributed by atoms with E-state index in [0.29, 0.717) is 37.9 Å². The summed E-state index contributed by atoms with van der Waals surface area (Å²) in [6, 6.07) is 13.4. The highest BCUT2D eigenvalue weighted by atomic mass is 35.5. The van der Waals surface area contributed by atoms with Gasteiger partial charge in [0, 0.05) is 35.3 Å². The van der Waals surface area contributed by atoms with Crippen molar-refractivity contribution in [3.05, 3.63) is 121 Å². The number of aryl methyl sites for hydroxylation is 2. The lowest BCUT2D eigenvalue weighted by Gasteiger charge is -2.35. The number of β-amino-alcohol motifs (C(OH)–C–C–N with tert-alkyl or cyclic N) is 1. The van der Waals surface area contributed by atoms with E-state index < -0.39 is 35.4 Å². The minimum atomic E-state index is -0.976. The molecule has 1 saturated heterocycles. The standard InChI is InChI=1S/C52H59ClN10O7S2/c1-31-42(72-51-45(31)46(37-13-15-39(53)16-14-37)54-26-43-60-59-34(4)63(43)51)17-8-35-25-56-61(27-35)18-19-68-20-21-69-22-23-70-29-44(65)58-48(52(5,6)7)50(67)62-28-40(64)24-41(62)49(66)57-32(2)36-9-11-38(12-10-36)47-33(3)55-30-71-47/h9-16,25,27,30,32,40-41,48,64H,18-24,26,28-29H2,1-7H3,(H,57,66)(H,58,65)/t32-,40+,41-,48+/m0/s1. The van der Waals surface area contributed by atoms with Crippen LogP contribution in [0.4, 0.5) is 0 Å². The maximum Gasteiger partial charge on any atom is 0.246 e. The Hall–Kier alpha value is -6.11. The first kappa shape index (κ1) is 52.2. The average molecular weight is 1040 g/mol. The van der Waals surface area contributed by atoms with Gasteiger partial charge in [0.15, 0.2) is 5.82 Å². The van der Waals surface area contributed by atoms with Crippen LogP contribution in [0.15, 0.2) is 71.4 Å². The van der Waals surface area contributed by atoms with Crippen molar-refractivity contribution >= 4 is 57.7 Å². The number of aliphatic imine (C=N–C) groups is 1. The fourth-order valence-corrected chi connectivity index (χ4v) is 10.7. The zero-order valence-corrected chi connectivity index (χ0v) is 43.8. The highest BCUT2D eigenvalue weighted by molar-refractivity contribution is 7.15. The summed E-state index contributed by atoms with van der Waals surface area (Å²) in [7, 11) is 0. The van der Waals surface area contributed by atoms with Gasteiger partial charge >= 0.3 is 0 Å². The third-order valence-electron chi connectivity index (χ3n) is 12.4. The van der Waals surface area contributed by atoms with E-state index in [1.165, 1.54) is 4.90 Å². The van der Waals surface area contributed by atoms with Crippen molar-refractivity contribution in [1.82, 2.24) is 45.1 Å². The lowest BCUT2D eigenvalue weighted by Crippen LogP contribution is -2.58. The number of amides is 3. The van der Waals surface area contributed by atoms with Crippen LogP contribution in [-0.4, -0.2) is 127 Å². The highest BCUT2D eigenvalue weighted by Gasteiger charge is 2.45. The van der Waals surface area contributed by atoms with E-state index in [2.05, 4.69) is 54.2 Å².